The molecule has 0 fully saturated rings. The molecule has 0 aliphatic heterocycles. The fourth-order valence-electron chi connectivity index (χ4n) is 0.807. The van der Waals surface area contributed by atoms with Gasteiger partial charge in [0.2, 0.25) is 0 Å². The first-order valence-electron chi connectivity index (χ1n) is 3.86. The van der Waals surface area contributed by atoms with Gasteiger partial charge in [0.1, 0.15) is 0 Å². The van der Waals surface area contributed by atoms with E-state index in [-0.39, 0.29) is 0 Å². The average molecular weight is 312 g/mol. The van der Waals surface area contributed by atoms with Crippen molar-refractivity contribution in [3.8, 4) is 0 Å². The van der Waals surface area contributed by atoms with Crippen molar-refractivity contribution in [2.75, 3.05) is 0 Å². The van der Waals surface area contributed by atoms with Gasteiger partial charge in [-0.15, -0.1) is 0 Å². The fourth-order valence-corrected chi connectivity index (χ4v) is 1.72. The van der Waals surface area contributed by atoms with Crippen LogP contribution in [0.15, 0.2) is 9.66 Å². The predicted octanol–water partition coefficient (Wildman–Crippen LogP) is 3.02. The second kappa shape index (κ2) is 8.68. The van der Waals surface area contributed by atoms with Gasteiger partial charge in [0.25, 0.3) is 0 Å². The third-order valence-electron chi connectivity index (χ3n) is 1.39. The summed E-state index contributed by atoms with van der Waals surface area (Å²) in [6.07, 6.45) is 9.26. The summed E-state index contributed by atoms with van der Waals surface area (Å²) in [6.45, 7) is 2.26. The van der Waals surface area contributed by atoms with E-state index in [2.05, 4.69) is 16.6 Å². The number of unbranched alkanes of at least 4 members (excludes halogenated alkanes) is 4. The zero-order chi connectivity index (χ0) is 6.95. The maximum absolute atomic E-state index is 2.33. The molecular weight excluding hydrogens is 297 g/mol. The van der Waals surface area contributed by atoms with Gasteiger partial charge in [0.15, 0.2) is 0 Å². The Morgan fingerprint density at radius 2 is 2.00 bits per heavy atom. The van der Waals surface area contributed by atoms with E-state index in [0.29, 0.717) is 0 Å². The molecule has 0 heterocycles. The zero-order valence-electron chi connectivity index (χ0n) is 6.40. The Morgan fingerprint density at radius 1 is 1.22 bits per heavy atom. The van der Waals surface area contributed by atoms with Crippen LogP contribution in [0.2, 0.25) is 0 Å². The van der Waals surface area contributed by atoms with Gasteiger partial charge in [-0.05, 0) is 0 Å². The van der Waals surface area contributed by atoms with Crippen LogP contribution >= 0.6 is 0 Å². The Bertz CT molecular complexity index is 67.0. The van der Waals surface area contributed by atoms with E-state index in [0.717, 1.165) is 26.1 Å². The molecule has 0 amide bonds. The molecule has 0 rings (SSSR count). The molecule has 0 aromatic heterocycles. The topological polar surface area (TPSA) is 0 Å². The third-order valence-corrected chi connectivity index (χ3v) is 2.69. The van der Waals surface area contributed by atoms with Crippen molar-refractivity contribution in [2.24, 2.45) is 0 Å². The van der Waals surface area contributed by atoms with Crippen molar-refractivity contribution in [2.45, 2.75) is 39.0 Å². The van der Waals surface area contributed by atoms with Crippen LogP contribution in [0.1, 0.15) is 39.0 Å². The first-order chi connectivity index (χ1) is 4.41. The van der Waals surface area contributed by atoms with E-state index in [9.17, 15) is 0 Å². The van der Waals surface area contributed by atoms with Gasteiger partial charge in [-0.1, -0.05) is 0 Å². The van der Waals surface area contributed by atoms with Crippen molar-refractivity contribution >= 4 is 0 Å². The van der Waals surface area contributed by atoms with Crippen LogP contribution in [-0.4, -0.2) is 0 Å². The summed E-state index contributed by atoms with van der Waals surface area (Å²) in [5, 5.41) is 0. The minimum absolute atomic E-state index is 0.886. The molecule has 0 aromatic rings. The Labute approximate surface area is 74.7 Å². The van der Waals surface area contributed by atoms with Gasteiger partial charge in [-0.25, -0.2) is 0 Å². The summed E-state index contributed by atoms with van der Waals surface area (Å²) in [6, 6.07) is 0. The number of hydrogen-bond acceptors (Lipinski definition) is 0. The second-order valence-corrected chi connectivity index (χ2v) is 4.15. The number of rotatable bonds is 5. The van der Waals surface area contributed by atoms with E-state index in [4.69, 9.17) is 0 Å². The van der Waals surface area contributed by atoms with Crippen molar-refractivity contribution in [3.63, 3.8) is 0 Å². The van der Waals surface area contributed by atoms with Crippen LogP contribution in [0.4, 0.5) is 0 Å². The summed E-state index contributed by atoms with van der Waals surface area (Å²) in [7, 11) is 0. The Balaban J connectivity index is 2.75. The van der Waals surface area contributed by atoms with Gasteiger partial charge < -0.3 is 0 Å². The minimum atomic E-state index is 0.886. The SMILES string of the molecule is CCCCCC/C=[CH]/[Hg+]. The van der Waals surface area contributed by atoms with Gasteiger partial charge in [-0.2, -0.15) is 0 Å². The van der Waals surface area contributed by atoms with Gasteiger partial charge >= 0.3 is 74.8 Å². The molecule has 0 unspecified atom stereocenters. The third kappa shape index (κ3) is 8.68. The van der Waals surface area contributed by atoms with E-state index in [1.807, 2.05) is 0 Å². The van der Waals surface area contributed by atoms with Gasteiger partial charge in [-0.3, -0.25) is 0 Å². The fraction of sp³-hybridized carbons (Fsp3) is 0.750. The molecule has 0 atom stereocenters. The zero-order valence-corrected chi connectivity index (χ0v) is 11.9. The molecule has 0 bridgehead atoms. The summed E-state index contributed by atoms with van der Waals surface area (Å²) in [5.41, 5.74) is 0. The Hall–Kier alpha value is 0.675. The summed E-state index contributed by atoms with van der Waals surface area (Å²) < 4.78 is 2.33. The van der Waals surface area contributed by atoms with Gasteiger partial charge in [0, 0.05) is 0 Å². The first-order valence-corrected chi connectivity index (χ1v) is 7.03. The first kappa shape index (κ1) is 9.68. The Morgan fingerprint density at radius 3 is 2.56 bits per heavy atom. The molecule has 9 heavy (non-hydrogen) atoms. The van der Waals surface area contributed by atoms with Crippen molar-refractivity contribution in [3.05, 3.63) is 9.66 Å². The average Bonchev–Trinajstić information content (AvgIpc) is 1.89. The predicted molar refractivity (Wildman–Crippen MR) is 37.9 cm³/mol. The number of hydrogen-bond donors (Lipinski definition) is 0. The van der Waals surface area contributed by atoms with Gasteiger partial charge in [0.05, 0.1) is 0 Å². The van der Waals surface area contributed by atoms with Crippen LogP contribution in [0.25, 0.3) is 0 Å². The van der Waals surface area contributed by atoms with Crippen molar-refractivity contribution in [1.82, 2.24) is 0 Å². The van der Waals surface area contributed by atoms with E-state index in [1.165, 1.54) is 32.1 Å². The monoisotopic (exact) mass is 313 g/mol. The quantitative estimate of drug-likeness (QED) is 0.541. The Kier molecular flexibility index (Phi) is 9.33. The standard InChI is InChI=1S/C8H15.Hg/c1-3-5-7-8-6-4-2;/h1,3H,4-8H2,2H3;/q;+1. The molecule has 48 valence electrons. The molecular formula is C8H15Hg+. The second-order valence-electron chi connectivity index (χ2n) is 2.32. The van der Waals surface area contributed by atoms with Crippen molar-refractivity contribution < 1.29 is 26.1 Å². The molecule has 0 saturated heterocycles. The molecule has 0 aromatic carbocycles. The van der Waals surface area contributed by atoms with E-state index in [1.54, 1.807) is 0 Å². The van der Waals surface area contributed by atoms with Crippen LogP contribution in [0, 0.1) is 0 Å². The molecule has 0 aliphatic carbocycles. The molecule has 0 spiro atoms. The molecule has 0 N–H and O–H groups in total. The maximum atomic E-state index is 2.33. The molecule has 0 saturated carbocycles. The molecule has 0 aliphatic rings. The van der Waals surface area contributed by atoms with E-state index < -0.39 is 0 Å². The van der Waals surface area contributed by atoms with Crippen LogP contribution in [-0.2, 0) is 26.1 Å². The van der Waals surface area contributed by atoms with Crippen LogP contribution < -0.4 is 0 Å². The normalized spacial score (nSPS) is 11.0. The summed E-state index contributed by atoms with van der Waals surface area (Å²) >= 11 is 0.886. The van der Waals surface area contributed by atoms with Crippen molar-refractivity contribution in [1.29, 1.82) is 0 Å². The number of allylic oxidation sites excluding steroid dienone is 1. The van der Waals surface area contributed by atoms with Crippen LogP contribution in [0.3, 0.4) is 0 Å². The van der Waals surface area contributed by atoms with E-state index >= 15 is 0 Å². The summed E-state index contributed by atoms with van der Waals surface area (Å²) in [5.74, 6) is 0. The summed E-state index contributed by atoms with van der Waals surface area (Å²) in [4.78, 5) is 0. The van der Waals surface area contributed by atoms with Crippen LogP contribution in [0.5, 0.6) is 0 Å². The molecule has 1 heteroatoms. The molecule has 0 nitrogen and oxygen atoms in total. The molecule has 0 radical (unpaired) electrons.